The maximum Gasteiger partial charge on any atom is 0.331 e. The van der Waals surface area contributed by atoms with E-state index in [-0.39, 0.29) is 11.4 Å². The number of carbonyl (C=O) groups is 2. The first kappa shape index (κ1) is 33.6. The second-order valence-electron chi connectivity index (χ2n) is 11.2. The second kappa shape index (κ2) is 16.0. The van der Waals surface area contributed by atoms with Gasteiger partial charge in [0.05, 0.1) is 12.3 Å². The molecule has 0 radical (unpaired) electrons. The summed E-state index contributed by atoms with van der Waals surface area (Å²) >= 11 is 0. The first-order chi connectivity index (χ1) is 19.4. The number of oxazole rings is 1. The lowest BCUT2D eigenvalue weighted by Crippen LogP contribution is -2.42. The van der Waals surface area contributed by atoms with Gasteiger partial charge in [-0.2, -0.15) is 0 Å². The minimum Gasteiger partial charge on any atom is -0.493 e. The number of aryl methyl sites for hydroxylation is 1. The molecule has 0 saturated heterocycles. The largest absolute Gasteiger partial charge is 0.493 e. The van der Waals surface area contributed by atoms with E-state index < -0.39 is 12.0 Å². The minimum atomic E-state index is -1.06. The second-order valence-corrected chi connectivity index (χ2v) is 11.2. The molecular formula is C33H47N3O5. The fourth-order valence-corrected chi connectivity index (χ4v) is 4.33. The molecule has 41 heavy (non-hydrogen) atoms. The van der Waals surface area contributed by atoms with Gasteiger partial charge in [0, 0.05) is 24.6 Å². The summed E-state index contributed by atoms with van der Waals surface area (Å²) in [5.74, 6) is 1.05. The van der Waals surface area contributed by atoms with Crippen molar-refractivity contribution in [1.82, 2.24) is 9.88 Å². The van der Waals surface area contributed by atoms with Gasteiger partial charge >= 0.3 is 5.97 Å². The van der Waals surface area contributed by atoms with Crippen molar-refractivity contribution in [3.05, 3.63) is 77.1 Å². The Kier molecular flexibility index (Phi) is 13.1. The molecule has 1 aromatic heterocycles. The highest BCUT2D eigenvalue weighted by atomic mass is 16.5. The number of fused-ring (bicyclic) bond motifs is 1. The van der Waals surface area contributed by atoms with Crippen LogP contribution in [0.4, 0.5) is 0 Å². The Morgan fingerprint density at radius 1 is 1.24 bits per heavy atom. The van der Waals surface area contributed by atoms with Gasteiger partial charge in [-0.3, -0.25) is 4.79 Å². The quantitative estimate of drug-likeness (QED) is 0.238. The Morgan fingerprint density at radius 3 is 2.54 bits per heavy atom. The molecule has 1 aliphatic heterocycles. The Hall–Kier alpha value is -3.65. The van der Waals surface area contributed by atoms with Gasteiger partial charge < -0.3 is 24.9 Å². The monoisotopic (exact) mass is 565 g/mol. The van der Waals surface area contributed by atoms with Gasteiger partial charge in [-0.25, -0.2) is 9.78 Å². The van der Waals surface area contributed by atoms with E-state index in [1.165, 1.54) is 11.0 Å². The Labute approximate surface area is 245 Å². The van der Waals surface area contributed by atoms with Gasteiger partial charge in [-0.1, -0.05) is 44.2 Å². The van der Waals surface area contributed by atoms with E-state index in [0.29, 0.717) is 49.1 Å². The van der Waals surface area contributed by atoms with E-state index in [2.05, 4.69) is 24.9 Å². The molecule has 0 fully saturated rings. The number of carboxylic acids is 1. The van der Waals surface area contributed by atoms with Crippen molar-refractivity contribution >= 4 is 18.0 Å². The minimum absolute atomic E-state index is 0. The first-order valence-electron chi connectivity index (χ1n) is 14.4. The zero-order valence-corrected chi connectivity index (χ0v) is 25.6. The number of hydrogen-bond acceptors (Lipinski definition) is 6. The van der Waals surface area contributed by atoms with Gasteiger partial charge in [0.1, 0.15) is 11.5 Å². The molecule has 1 aliphatic rings. The SMILES string of the molecule is CC(C)(C)N.CC=CC=CC(=O)N1CCc2ccc(OCCc3nc(/C=C/C(CC)CC)oc3C)cc2C1C(=O)O. The average molecular weight is 566 g/mol. The lowest BCUT2D eigenvalue weighted by Gasteiger charge is -2.34. The zero-order valence-electron chi connectivity index (χ0n) is 25.6. The van der Waals surface area contributed by atoms with E-state index in [1.54, 1.807) is 24.3 Å². The fraction of sp³-hybridized carbons (Fsp3) is 0.485. The van der Waals surface area contributed by atoms with E-state index in [1.807, 2.05) is 52.8 Å². The lowest BCUT2D eigenvalue weighted by molar-refractivity contribution is -0.149. The van der Waals surface area contributed by atoms with Crippen LogP contribution in [0.1, 0.15) is 88.9 Å². The lowest BCUT2D eigenvalue weighted by atomic mass is 9.92. The summed E-state index contributed by atoms with van der Waals surface area (Å²) in [4.78, 5) is 30.8. The number of aliphatic carboxylic acids is 1. The first-order valence-corrected chi connectivity index (χ1v) is 14.4. The normalized spacial score (nSPS) is 15.4. The molecule has 224 valence electrons. The molecule has 0 bridgehead atoms. The highest BCUT2D eigenvalue weighted by Gasteiger charge is 2.35. The van der Waals surface area contributed by atoms with Crippen LogP contribution in [-0.4, -0.2) is 45.6 Å². The Balaban J connectivity index is 0.00000108. The Morgan fingerprint density at radius 2 is 1.93 bits per heavy atom. The molecule has 1 aromatic carbocycles. The van der Waals surface area contributed by atoms with Crippen molar-refractivity contribution in [1.29, 1.82) is 0 Å². The fourth-order valence-electron chi connectivity index (χ4n) is 4.33. The number of ether oxygens (including phenoxy) is 1. The van der Waals surface area contributed by atoms with Gasteiger partial charge in [-0.05, 0) is 89.1 Å². The molecule has 0 saturated carbocycles. The Bertz CT molecular complexity index is 1230. The average Bonchev–Trinajstić information content (AvgIpc) is 3.26. The van der Waals surface area contributed by atoms with Gasteiger partial charge in [-0.15, -0.1) is 0 Å². The van der Waals surface area contributed by atoms with E-state index in [4.69, 9.17) is 14.9 Å². The molecule has 1 atom stereocenters. The number of allylic oxidation sites excluding steroid dienone is 4. The van der Waals surface area contributed by atoms with Crippen LogP contribution in [0.3, 0.4) is 0 Å². The number of hydrogen-bond donors (Lipinski definition) is 2. The maximum atomic E-state index is 12.7. The van der Waals surface area contributed by atoms with E-state index >= 15 is 0 Å². The number of aromatic nitrogens is 1. The molecule has 8 nitrogen and oxygen atoms in total. The van der Waals surface area contributed by atoms with E-state index in [9.17, 15) is 14.7 Å². The molecule has 2 heterocycles. The van der Waals surface area contributed by atoms with Crippen LogP contribution in [0, 0.1) is 12.8 Å². The topological polar surface area (TPSA) is 119 Å². The summed E-state index contributed by atoms with van der Waals surface area (Å²) in [6.45, 7) is 14.7. The van der Waals surface area contributed by atoms with Crippen LogP contribution in [0.25, 0.3) is 6.08 Å². The summed E-state index contributed by atoms with van der Waals surface area (Å²) in [7, 11) is 0. The molecule has 8 heteroatoms. The molecule has 0 spiro atoms. The van der Waals surface area contributed by atoms with Crippen molar-refractivity contribution < 1.29 is 23.8 Å². The van der Waals surface area contributed by atoms with Gasteiger partial charge in [0.15, 0.2) is 6.04 Å². The van der Waals surface area contributed by atoms with Gasteiger partial charge in [0.2, 0.25) is 11.8 Å². The number of nitrogens with zero attached hydrogens (tertiary/aromatic N) is 2. The van der Waals surface area contributed by atoms with Crippen LogP contribution in [0.2, 0.25) is 0 Å². The standard InChI is InChI=1S/C29H36N2O5.C4H11N/c1-5-8-9-10-27(32)31-17-15-22-12-13-23(19-24(22)28(31)29(33)34)35-18-16-25-20(4)36-26(30-25)14-11-21(6-2)7-3;1-4(2,3)5/h5,8-14,19,21,28H,6-7,15-18H2,1-4H3,(H,33,34);5H2,1-3H3/b8-5?,10-9?,14-11+;. The molecule has 3 rings (SSSR count). The molecule has 1 amide bonds. The summed E-state index contributed by atoms with van der Waals surface area (Å²) in [6.07, 6.45) is 14.0. The molecule has 3 N–H and O–H groups in total. The van der Waals surface area contributed by atoms with Crippen LogP contribution in [-0.2, 0) is 22.4 Å². The van der Waals surface area contributed by atoms with Crippen molar-refractivity contribution in [2.75, 3.05) is 13.2 Å². The number of benzene rings is 1. The van der Waals surface area contributed by atoms with Crippen molar-refractivity contribution in [3.63, 3.8) is 0 Å². The number of rotatable bonds is 11. The maximum absolute atomic E-state index is 12.7. The van der Waals surface area contributed by atoms with E-state index in [0.717, 1.165) is 29.9 Å². The molecule has 1 unspecified atom stereocenters. The number of carboxylic acid groups (broad SMARTS) is 1. The smallest absolute Gasteiger partial charge is 0.331 e. The van der Waals surface area contributed by atoms with Crippen LogP contribution in [0.5, 0.6) is 5.75 Å². The summed E-state index contributed by atoms with van der Waals surface area (Å²) < 4.78 is 11.7. The molecule has 0 aliphatic carbocycles. The predicted octanol–water partition coefficient (Wildman–Crippen LogP) is 6.44. The third kappa shape index (κ3) is 11.0. The summed E-state index contributed by atoms with van der Waals surface area (Å²) in [5.41, 5.74) is 7.70. The summed E-state index contributed by atoms with van der Waals surface area (Å²) in [6, 6.07) is 4.42. The van der Waals surface area contributed by atoms with Gasteiger partial charge in [0.25, 0.3) is 0 Å². The van der Waals surface area contributed by atoms with Crippen LogP contribution in [0.15, 0.2) is 53.0 Å². The van der Waals surface area contributed by atoms with Crippen molar-refractivity contribution in [2.24, 2.45) is 11.7 Å². The molecule has 2 aromatic rings. The molecular weight excluding hydrogens is 518 g/mol. The number of amides is 1. The zero-order chi connectivity index (χ0) is 30.6. The highest BCUT2D eigenvalue weighted by molar-refractivity contribution is 5.92. The van der Waals surface area contributed by atoms with Crippen molar-refractivity contribution in [3.8, 4) is 5.75 Å². The predicted molar refractivity (Wildman–Crippen MR) is 164 cm³/mol. The van der Waals surface area contributed by atoms with Crippen molar-refractivity contribution in [2.45, 2.75) is 85.7 Å². The van der Waals surface area contributed by atoms with Crippen LogP contribution >= 0.6 is 0 Å². The van der Waals surface area contributed by atoms with Crippen LogP contribution < -0.4 is 10.5 Å². The summed E-state index contributed by atoms with van der Waals surface area (Å²) in [5, 5.41) is 9.94. The highest BCUT2D eigenvalue weighted by Crippen LogP contribution is 2.33. The third-order valence-electron chi connectivity index (χ3n) is 6.48. The third-order valence-corrected chi connectivity index (χ3v) is 6.48. The number of nitrogens with two attached hydrogens (primary N) is 1. The number of carbonyl (C=O) groups excluding carboxylic acids is 1.